The van der Waals surface area contributed by atoms with Crippen LogP contribution in [0.2, 0.25) is 5.02 Å². The Morgan fingerprint density at radius 1 is 1.26 bits per heavy atom. The average molecular weight is 554 g/mol. The van der Waals surface area contributed by atoms with E-state index >= 15 is 4.39 Å². The van der Waals surface area contributed by atoms with Crippen molar-refractivity contribution in [1.29, 1.82) is 0 Å². The van der Waals surface area contributed by atoms with Gasteiger partial charge in [-0.05, 0) is 25.1 Å². The van der Waals surface area contributed by atoms with Crippen LogP contribution in [0.15, 0.2) is 37.1 Å². The molecule has 1 aromatic carbocycles. The van der Waals surface area contributed by atoms with Crippen molar-refractivity contribution in [3.05, 3.63) is 59.1 Å². The Bertz CT molecular complexity index is 1490. The van der Waals surface area contributed by atoms with Gasteiger partial charge in [-0.15, -0.1) is 5.10 Å². The van der Waals surface area contributed by atoms with Crippen molar-refractivity contribution < 1.29 is 23.8 Å². The van der Waals surface area contributed by atoms with E-state index in [0.717, 1.165) is 5.69 Å². The van der Waals surface area contributed by atoms with Gasteiger partial charge in [-0.1, -0.05) is 29.5 Å². The number of benzene rings is 1. The number of carbonyl (C=O) groups is 2. The largest absolute Gasteiger partial charge is 0.507 e. The normalized spacial score (nSPS) is 20.5. The summed E-state index contributed by atoms with van der Waals surface area (Å²) < 4.78 is 23.0. The lowest BCUT2D eigenvalue weighted by atomic mass is 10.0. The number of aromatic nitrogens is 4. The Labute approximate surface area is 228 Å². The van der Waals surface area contributed by atoms with Crippen LogP contribution in [0.3, 0.4) is 0 Å². The van der Waals surface area contributed by atoms with Crippen molar-refractivity contribution in [2.75, 3.05) is 31.1 Å². The van der Waals surface area contributed by atoms with Crippen LogP contribution in [0.4, 0.5) is 10.2 Å². The molecule has 3 aliphatic rings. The van der Waals surface area contributed by atoms with Crippen molar-refractivity contribution in [2.45, 2.75) is 32.1 Å². The number of phenolic OH excluding ortho intramolecular Hbond substituents is 1. The fraction of sp³-hybridized carbons (Fsp3) is 0.346. The summed E-state index contributed by atoms with van der Waals surface area (Å²) in [6, 6.07) is 3.30. The lowest BCUT2D eigenvalue weighted by molar-refractivity contribution is -0.128. The van der Waals surface area contributed by atoms with Gasteiger partial charge in [0.1, 0.15) is 40.3 Å². The lowest BCUT2D eigenvalue weighted by Crippen LogP contribution is -2.57. The average Bonchev–Trinajstić information content (AvgIpc) is 3.32. The maximum absolute atomic E-state index is 15.1. The van der Waals surface area contributed by atoms with Crippen molar-refractivity contribution >= 4 is 29.2 Å². The molecule has 2 amide bonds. The molecule has 3 aliphatic heterocycles. The highest BCUT2D eigenvalue weighted by Crippen LogP contribution is 2.46. The molecule has 1 fully saturated rings. The number of phenols is 1. The third-order valence-corrected chi connectivity index (χ3v) is 7.79. The van der Waals surface area contributed by atoms with E-state index in [9.17, 15) is 14.7 Å². The highest BCUT2D eigenvalue weighted by molar-refractivity contribution is 6.35. The number of anilines is 1. The number of amides is 2. The molecule has 202 valence electrons. The Hall–Kier alpha value is -4.19. The predicted octanol–water partition coefficient (Wildman–Crippen LogP) is 2.48. The summed E-state index contributed by atoms with van der Waals surface area (Å²) in [7, 11) is 0. The van der Waals surface area contributed by atoms with Gasteiger partial charge in [-0.2, -0.15) is 0 Å². The summed E-state index contributed by atoms with van der Waals surface area (Å²) in [5.74, 6) is -1.34. The molecule has 0 radical (unpaired) electrons. The summed E-state index contributed by atoms with van der Waals surface area (Å²) in [5, 5.41) is 18.6. The number of fused-ring (bicyclic) bond motifs is 3. The summed E-state index contributed by atoms with van der Waals surface area (Å²) in [4.78, 5) is 36.4. The van der Waals surface area contributed by atoms with E-state index in [0.29, 0.717) is 19.6 Å². The minimum absolute atomic E-state index is 0.0402. The third kappa shape index (κ3) is 4.06. The Morgan fingerprint density at radius 3 is 2.85 bits per heavy atom. The molecule has 2 aromatic heterocycles. The van der Waals surface area contributed by atoms with E-state index in [1.165, 1.54) is 24.3 Å². The quantitative estimate of drug-likeness (QED) is 0.492. The molecule has 0 aliphatic carbocycles. The first-order chi connectivity index (χ1) is 18.8. The van der Waals surface area contributed by atoms with Gasteiger partial charge < -0.3 is 24.5 Å². The maximum Gasteiger partial charge on any atom is 0.261 e. The van der Waals surface area contributed by atoms with Crippen LogP contribution in [-0.2, 0) is 17.9 Å². The molecular formula is C26H25ClFN7O4. The van der Waals surface area contributed by atoms with Crippen molar-refractivity contribution in [3.8, 4) is 22.8 Å². The van der Waals surface area contributed by atoms with E-state index in [-0.39, 0.29) is 76.7 Å². The number of piperazine rings is 1. The second-order valence-corrected chi connectivity index (χ2v) is 10.2. The minimum atomic E-state index is -0.722. The highest BCUT2D eigenvalue weighted by atomic mass is 35.5. The van der Waals surface area contributed by atoms with E-state index in [1.54, 1.807) is 20.7 Å². The van der Waals surface area contributed by atoms with E-state index in [2.05, 4.69) is 16.9 Å². The molecule has 11 nitrogen and oxygen atoms in total. The molecule has 0 bridgehead atoms. The molecule has 6 rings (SSSR count). The molecule has 0 unspecified atom stereocenters. The molecule has 0 saturated carbocycles. The number of carbonyl (C=O) groups excluding carboxylic acids is 2. The second kappa shape index (κ2) is 9.53. The predicted molar refractivity (Wildman–Crippen MR) is 139 cm³/mol. The van der Waals surface area contributed by atoms with Gasteiger partial charge in [0.25, 0.3) is 5.91 Å². The van der Waals surface area contributed by atoms with Gasteiger partial charge >= 0.3 is 0 Å². The van der Waals surface area contributed by atoms with Crippen molar-refractivity contribution in [1.82, 2.24) is 29.8 Å². The lowest BCUT2D eigenvalue weighted by Gasteiger charge is -2.40. The number of rotatable bonds is 3. The molecule has 0 spiro atoms. The zero-order valence-corrected chi connectivity index (χ0v) is 21.8. The summed E-state index contributed by atoms with van der Waals surface area (Å²) in [6.45, 7) is 7.26. The summed E-state index contributed by atoms with van der Waals surface area (Å²) in [5.41, 5.74) is 0.730. The van der Waals surface area contributed by atoms with E-state index in [1.807, 2.05) is 11.8 Å². The number of nitrogens with zero attached hydrogens (tertiary/aromatic N) is 7. The first-order valence-electron chi connectivity index (χ1n) is 12.5. The van der Waals surface area contributed by atoms with Gasteiger partial charge in [-0.25, -0.2) is 14.1 Å². The zero-order chi connectivity index (χ0) is 27.4. The number of hydrogen-bond donors (Lipinski definition) is 1. The Morgan fingerprint density at radius 2 is 2.08 bits per heavy atom. The number of hydrogen-bond acceptors (Lipinski definition) is 8. The third-order valence-electron chi connectivity index (χ3n) is 7.44. The van der Waals surface area contributed by atoms with Crippen LogP contribution in [0.1, 0.15) is 23.0 Å². The SMILES string of the molecule is C=CC(=O)N1CCN2C(=O)c3c(N4Cc5cnnn5C[C@@H]4C)nc(-c4c(O)cccc4F)c(Cl)c3OC[C@H]2C1. The van der Waals surface area contributed by atoms with E-state index < -0.39 is 11.9 Å². The van der Waals surface area contributed by atoms with Gasteiger partial charge in [0, 0.05) is 25.7 Å². The maximum atomic E-state index is 15.1. The fourth-order valence-electron chi connectivity index (χ4n) is 5.41. The molecule has 2 atom stereocenters. The monoisotopic (exact) mass is 553 g/mol. The zero-order valence-electron chi connectivity index (χ0n) is 21.0. The smallest absolute Gasteiger partial charge is 0.261 e. The molecule has 5 heterocycles. The van der Waals surface area contributed by atoms with Gasteiger partial charge in [-0.3, -0.25) is 9.59 Å². The standard InChI is InChI=1S/C26H25ClFN7O4/c1-3-19(37)32-7-8-33-16(11-32)13-39-24-21(26(33)38)25(34-12-15-9-29-31-35(15)10-14(34)2)30-23(22(24)27)20-17(28)5-4-6-18(20)36/h3-6,9,14,16,36H,1,7-8,10-13H2,2H3/t14-,16+/m0/s1. The van der Waals surface area contributed by atoms with Gasteiger partial charge in [0.05, 0.1) is 36.6 Å². The summed E-state index contributed by atoms with van der Waals surface area (Å²) >= 11 is 6.80. The highest BCUT2D eigenvalue weighted by Gasteiger charge is 2.42. The molecule has 13 heteroatoms. The number of aromatic hydroxyl groups is 1. The van der Waals surface area contributed by atoms with Crippen LogP contribution in [0, 0.1) is 5.82 Å². The van der Waals surface area contributed by atoms with Crippen molar-refractivity contribution in [2.24, 2.45) is 0 Å². The minimum Gasteiger partial charge on any atom is -0.507 e. The van der Waals surface area contributed by atoms with Crippen LogP contribution in [-0.4, -0.2) is 85.0 Å². The molecular weight excluding hydrogens is 529 g/mol. The molecule has 39 heavy (non-hydrogen) atoms. The van der Waals surface area contributed by atoms with Crippen LogP contribution < -0.4 is 9.64 Å². The Kier molecular flexibility index (Phi) is 6.13. The fourth-order valence-corrected chi connectivity index (χ4v) is 5.70. The first kappa shape index (κ1) is 25.1. The van der Waals surface area contributed by atoms with E-state index in [4.69, 9.17) is 21.3 Å². The van der Waals surface area contributed by atoms with Crippen LogP contribution in [0.25, 0.3) is 11.3 Å². The number of pyridine rings is 1. The van der Waals surface area contributed by atoms with Gasteiger partial charge in [0.15, 0.2) is 5.75 Å². The van der Waals surface area contributed by atoms with Crippen LogP contribution >= 0.6 is 11.6 Å². The first-order valence-corrected chi connectivity index (χ1v) is 12.9. The number of halogens is 2. The molecule has 1 N–H and O–H groups in total. The Balaban J connectivity index is 1.52. The molecule has 3 aromatic rings. The second-order valence-electron chi connectivity index (χ2n) is 9.77. The van der Waals surface area contributed by atoms with Gasteiger partial charge in [0.2, 0.25) is 5.91 Å². The van der Waals surface area contributed by atoms with Crippen molar-refractivity contribution in [3.63, 3.8) is 0 Å². The van der Waals surface area contributed by atoms with Crippen LogP contribution in [0.5, 0.6) is 11.5 Å². The number of ether oxygens (including phenoxy) is 1. The summed E-state index contributed by atoms with van der Waals surface area (Å²) in [6.07, 6.45) is 2.88. The topological polar surface area (TPSA) is 117 Å². The molecule has 1 saturated heterocycles.